The maximum atomic E-state index is 2.74. The lowest BCUT2D eigenvalue weighted by Crippen LogP contribution is -2.34. The summed E-state index contributed by atoms with van der Waals surface area (Å²) >= 11 is 0. The summed E-state index contributed by atoms with van der Waals surface area (Å²) in [6.07, 6.45) is 32.1. The second-order valence-corrected chi connectivity index (χ2v) is 18.2. The van der Waals surface area contributed by atoms with Crippen LogP contribution >= 0.6 is 0 Å². The van der Waals surface area contributed by atoms with Crippen molar-refractivity contribution in [2.24, 2.45) is 11.8 Å². The summed E-state index contributed by atoms with van der Waals surface area (Å²) in [7, 11) is 0. The summed E-state index contributed by atoms with van der Waals surface area (Å²) in [5, 5.41) is 2.53. The molecule has 0 saturated heterocycles. The molecule has 1 nitrogen and oxygen atoms in total. The number of para-hydroxylation sites is 1. The molecule has 302 valence electrons. The highest BCUT2D eigenvalue weighted by atomic mass is 15.2. The van der Waals surface area contributed by atoms with Gasteiger partial charge >= 0.3 is 0 Å². The molecule has 0 bridgehead atoms. The molecule has 12 rings (SSSR count). The Bertz CT molecular complexity index is 2950. The number of fused-ring (bicyclic) bond motifs is 5. The lowest BCUT2D eigenvalue weighted by atomic mass is 9.62. The average Bonchev–Trinajstić information content (AvgIpc) is 3.66. The van der Waals surface area contributed by atoms with Crippen molar-refractivity contribution in [2.45, 2.75) is 69.1 Å². The largest absolute Gasteiger partial charge is 0.309 e. The maximum Gasteiger partial charge on any atom is 0.0660 e. The van der Waals surface area contributed by atoms with Gasteiger partial charge in [0.15, 0.2) is 0 Å². The Labute approximate surface area is 367 Å². The van der Waals surface area contributed by atoms with Gasteiger partial charge in [-0.3, -0.25) is 0 Å². The second kappa shape index (κ2) is 15.5. The zero-order valence-corrected chi connectivity index (χ0v) is 35.5. The van der Waals surface area contributed by atoms with Crippen LogP contribution in [0.1, 0.15) is 86.0 Å². The van der Waals surface area contributed by atoms with E-state index in [0.717, 1.165) is 44.9 Å². The van der Waals surface area contributed by atoms with Crippen LogP contribution in [0.3, 0.4) is 0 Å². The van der Waals surface area contributed by atoms with Gasteiger partial charge in [-0.25, -0.2) is 0 Å². The standard InChI is InChI=1S/C61H53N/c1-4-22-43(23-5-1)59-48-30-13-10-21-42(48)39-40-57(59)62(56-37-19-17-34-52(56)54-41-44-24-11-12-29-47(44)49-31-14-15-32-50(49)54)58-38-20-35-53-51-33-16-18-36-55(51)61(60(53)58,45-25-6-2-7-26-45)46-27-8-3-9-28-46/h1-8,10-11,13-14,16-17,19-27,30-31,33-35,37-40,44,47,54H,9,12,15,18,28-29,32,36,41H2. The molecule has 0 aliphatic heterocycles. The molecule has 4 atom stereocenters. The lowest BCUT2D eigenvalue weighted by Gasteiger charge is -2.44. The van der Waals surface area contributed by atoms with E-state index in [-0.39, 0.29) is 0 Å². The van der Waals surface area contributed by atoms with Crippen LogP contribution in [0.5, 0.6) is 0 Å². The van der Waals surface area contributed by atoms with Crippen molar-refractivity contribution in [3.8, 4) is 11.1 Å². The average molecular weight is 800 g/mol. The van der Waals surface area contributed by atoms with Gasteiger partial charge in [0.2, 0.25) is 0 Å². The van der Waals surface area contributed by atoms with Crippen LogP contribution in [0, 0.1) is 11.8 Å². The molecular formula is C61H53N. The molecule has 6 aliphatic carbocycles. The number of rotatable bonds is 7. The van der Waals surface area contributed by atoms with E-state index in [2.05, 4.69) is 199 Å². The number of nitrogens with zero attached hydrogens (tertiary/aromatic N) is 1. The summed E-state index contributed by atoms with van der Waals surface area (Å²) in [5.41, 5.74) is 19.3. The SMILES string of the molecule is C1=CCCC(C2(c3ccccc3)C3=C(C=CCC3)c3cccc(N(c4ccccc4C4CC5C=CCCC5C5=C4CCC=C5)c4ccc5ccccc5c4-c4ccccc4)c32)=C1. The van der Waals surface area contributed by atoms with Crippen LogP contribution in [0.25, 0.3) is 27.5 Å². The third-order valence-electron chi connectivity index (χ3n) is 15.2. The van der Waals surface area contributed by atoms with Gasteiger partial charge in [0.25, 0.3) is 0 Å². The molecule has 6 aromatic rings. The van der Waals surface area contributed by atoms with Crippen molar-refractivity contribution < 1.29 is 0 Å². The monoisotopic (exact) mass is 799 g/mol. The van der Waals surface area contributed by atoms with Crippen LogP contribution in [0.2, 0.25) is 0 Å². The van der Waals surface area contributed by atoms with Gasteiger partial charge in [0, 0.05) is 22.7 Å². The second-order valence-electron chi connectivity index (χ2n) is 18.2. The van der Waals surface area contributed by atoms with Gasteiger partial charge < -0.3 is 4.90 Å². The minimum absolute atomic E-state index is 0.328. The fraction of sp³-hybridized carbons (Fsp3) is 0.213. The van der Waals surface area contributed by atoms with Gasteiger partial charge in [-0.15, -0.1) is 0 Å². The molecule has 1 heteroatoms. The molecule has 0 spiro atoms. The predicted octanol–water partition coefficient (Wildman–Crippen LogP) is 16.4. The molecule has 0 saturated carbocycles. The van der Waals surface area contributed by atoms with E-state index in [0.29, 0.717) is 17.8 Å². The Morgan fingerprint density at radius 3 is 2.24 bits per heavy atom. The van der Waals surface area contributed by atoms with E-state index in [1.165, 1.54) is 85.2 Å². The van der Waals surface area contributed by atoms with Crippen molar-refractivity contribution in [1.29, 1.82) is 0 Å². The summed E-state index contributed by atoms with van der Waals surface area (Å²) in [6, 6.07) is 53.3. The number of hydrogen-bond acceptors (Lipinski definition) is 1. The van der Waals surface area contributed by atoms with E-state index < -0.39 is 5.41 Å². The summed E-state index contributed by atoms with van der Waals surface area (Å²) in [6.45, 7) is 0. The first-order chi connectivity index (χ1) is 30.8. The lowest BCUT2D eigenvalue weighted by molar-refractivity contribution is 0.343. The molecule has 0 aromatic heterocycles. The van der Waals surface area contributed by atoms with Gasteiger partial charge in [-0.1, -0.05) is 187 Å². The van der Waals surface area contributed by atoms with E-state index in [4.69, 9.17) is 0 Å². The number of hydrogen-bond donors (Lipinski definition) is 0. The third-order valence-corrected chi connectivity index (χ3v) is 15.2. The summed E-state index contributed by atoms with van der Waals surface area (Å²) in [5.74, 6) is 1.51. The van der Waals surface area contributed by atoms with Gasteiger partial charge in [-0.05, 0) is 138 Å². The Morgan fingerprint density at radius 1 is 0.581 bits per heavy atom. The Morgan fingerprint density at radius 2 is 1.35 bits per heavy atom. The molecule has 4 unspecified atom stereocenters. The van der Waals surface area contributed by atoms with E-state index in [1.54, 1.807) is 16.7 Å². The Kier molecular flexibility index (Phi) is 9.32. The van der Waals surface area contributed by atoms with E-state index >= 15 is 0 Å². The fourth-order valence-electron chi connectivity index (χ4n) is 12.7. The van der Waals surface area contributed by atoms with Crippen molar-refractivity contribution in [3.05, 3.63) is 239 Å². The molecule has 62 heavy (non-hydrogen) atoms. The number of allylic oxidation sites excluding steroid dienone is 14. The number of anilines is 3. The Hall–Kier alpha value is -6.44. The molecule has 6 aromatic carbocycles. The minimum atomic E-state index is -0.413. The van der Waals surface area contributed by atoms with Gasteiger partial charge in [-0.2, -0.15) is 0 Å². The molecule has 0 fully saturated rings. The number of benzene rings is 6. The zero-order valence-electron chi connectivity index (χ0n) is 35.5. The quantitative estimate of drug-likeness (QED) is 0.145. The van der Waals surface area contributed by atoms with Crippen LogP contribution in [-0.4, -0.2) is 0 Å². The smallest absolute Gasteiger partial charge is 0.0660 e. The van der Waals surface area contributed by atoms with Gasteiger partial charge in [0.05, 0.1) is 16.8 Å². The van der Waals surface area contributed by atoms with E-state index in [9.17, 15) is 0 Å². The highest BCUT2D eigenvalue weighted by Crippen LogP contribution is 2.63. The zero-order chi connectivity index (χ0) is 41.0. The third kappa shape index (κ3) is 5.81. The minimum Gasteiger partial charge on any atom is -0.309 e. The van der Waals surface area contributed by atoms with Crippen molar-refractivity contribution in [1.82, 2.24) is 0 Å². The molecular weight excluding hydrogens is 747 g/mol. The fourth-order valence-corrected chi connectivity index (χ4v) is 12.7. The van der Waals surface area contributed by atoms with Crippen molar-refractivity contribution in [2.75, 3.05) is 4.90 Å². The summed E-state index contributed by atoms with van der Waals surface area (Å²) < 4.78 is 0. The predicted molar refractivity (Wildman–Crippen MR) is 261 cm³/mol. The highest BCUT2D eigenvalue weighted by molar-refractivity contribution is 6.07. The van der Waals surface area contributed by atoms with Crippen molar-refractivity contribution in [3.63, 3.8) is 0 Å². The highest BCUT2D eigenvalue weighted by Gasteiger charge is 2.51. The first-order valence-electron chi connectivity index (χ1n) is 23.3. The van der Waals surface area contributed by atoms with Crippen LogP contribution in [-0.2, 0) is 5.41 Å². The maximum absolute atomic E-state index is 2.74. The first kappa shape index (κ1) is 37.3. The van der Waals surface area contributed by atoms with Crippen LogP contribution < -0.4 is 4.90 Å². The topological polar surface area (TPSA) is 3.24 Å². The van der Waals surface area contributed by atoms with E-state index in [1.807, 2.05) is 0 Å². The van der Waals surface area contributed by atoms with Gasteiger partial charge in [0.1, 0.15) is 0 Å². The molecule has 6 aliphatic rings. The molecule has 0 heterocycles. The molecule has 0 radical (unpaired) electrons. The van der Waals surface area contributed by atoms with Crippen LogP contribution in [0.4, 0.5) is 17.1 Å². The van der Waals surface area contributed by atoms with Crippen molar-refractivity contribution >= 4 is 33.4 Å². The normalized spacial score (nSPS) is 23.5. The molecule has 0 amide bonds. The summed E-state index contributed by atoms with van der Waals surface area (Å²) in [4.78, 5) is 2.74. The first-order valence-corrected chi connectivity index (χ1v) is 23.3. The van der Waals surface area contributed by atoms with Crippen LogP contribution in [0.15, 0.2) is 217 Å². The Balaban J connectivity index is 1.20. The molecule has 0 N–H and O–H groups in total.